The molecule has 1 unspecified atom stereocenters. The molecule has 5 nitrogen and oxygen atoms in total. The van der Waals surface area contributed by atoms with Crippen molar-refractivity contribution in [2.75, 3.05) is 19.7 Å². The number of nitrogens with one attached hydrogen (secondary N) is 1. The molecule has 0 spiro atoms. The first-order valence-corrected chi connectivity index (χ1v) is 5.30. The van der Waals surface area contributed by atoms with Crippen molar-refractivity contribution in [3.63, 3.8) is 0 Å². The second-order valence-electron chi connectivity index (χ2n) is 2.24. The van der Waals surface area contributed by atoms with E-state index in [1.165, 1.54) is 0 Å². The van der Waals surface area contributed by atoms with Crippen molar-refractivity contribution in [2.45, 2.75) is 19.8 Å². The smallest absolute Gasteiger partial charge is 0.329 e. The molecule has 1 atom stereocenters. The minimum atomic E-state index is -2.35. The summed E-state index contributed by atoms with van der Waals surface area (Å²) in [5, 5.41) is 0. The summed E-state index contributed by atoms with van der Waals surface area (Å²) in [4.78, 5) is 0. The minimum Gasteiger partial charge on any atom is -0.329 e. The minimum absolute atomic E-state index is 0. The quantitative estimate of drug-likeness (QED) is 0.257. The molecule has 0 saturated carbocycles. The van der Waals surface area contributed by atoms with Crippen LogP contribution in [0.4, 0.5) is 0 Å². The van der Waals surface area contributed by atoms with E-state index in [2.05, 4.69) is 10.1 Å². The summed E-state index contributed by atoms with van der Waals surface area (Å²) in [5.74, 6) is 0. The first kappa shape index (κ1) is 16.3. The van der Waals surface area contributed by atoms with E-state index in [1.807, 2.05) is 6.92 Å². The molecule has 0 bridgehead atoms. The lowest BCUT2D eigenvalue weighted by molar-refractivity contribution is 0.158. The monoisotopic (exact) mass is 222 g/mol. The van der Waals surface area contributed by atoms with Gasteiger partial charge in [0.15, 0.2) is 0 Å². The van der Waals surface area contributed by atoms with Crippen molar-refractivity contribution in [3.8, 4) is 0 Å². The van der Waals surface area contributed by atoms with Crippen LogP contribution in [0.15, 0.2) is 0 Å². The Hall–Kier alpha value is 0.836. The van der Waals surface area contributed by atoms with Gasteiger partial charge >= 0.3 is 31.3 Å². The number of nitrogens with two attached hydrogens (primary N) is 1. The molecule has 0 radical (unpaired) electrons. The highest BCUT2D eigenvalue weighted by Crippen LogP contribution is 2.21. The maximum absolute atomic E-state index is 10.8. The van der Waals surface area contributed by atoms with Crippen LogP contribution in [-0.2, 0) is 13.7 Å². The molecule has 0 saturated heterocycles. The predicted molar refractivity (Wildman–Crippen MR) is 56.5 cm³/mol. The van der Waals surface area contributed by atoms with Gasteiger partial charge in [-0.2, -0.15) is 5.48 Å². The highest BCUT2D eigenvalue weighted by Gasteiger charge is 1.97. The lowest BCUT2D eigenvalue weighted by Gasteiger charge is -2.04. The third-order valence-electron chi connectivity index (χ3n) is 1.12. The van der Waals surface area contributed by atoms with Gasteiger partial charge in [-0.05, 0) is 6.42 Å². The lowest BCUT2D eigenvalue weighted by Crippen LogP contribution is -2.20. The van der Waals surface area contributed by atoms with E-state index < -0.39 is 8.25 Å². The molecule has 0 aromatic heterocycles. The number of hydrogen-bond donors (Lipinski definition) is 2. The standard InChI is InChI=1S/C6H17N2O3P.Mg.2H/c1-2-3-6-10-12(9)11-8-5-4-7;;;/h8,12H,2-7H2,1H3;;;. The summed E-state index contributed by atoms with van der Waals surface area (Å²) in [7, 11) is -2.35. The van der Waals surface area contributed by atoms with E-state index in [-0.39, 0.29) is 23.1 Å². The molecule has 3 N–H and O–H groups in total. The summed E-state index contributed by atoms with van der Waals surface area (Å²) in [5.41, 5.74) is 7.61. The average molecular weight is 223 g/mol. The topological polar surface area (TPSA) is 73.6 Å². The second-order valence-corrected chi connectivity index (χ2v) is 3.23. The molecule has 78 valence electrons. The van der Waals surface area contributed by atoms with Crippen molar-refractivity contribution in [1.29, 1.82) is 0 Å². The molecular formula is C6H19MgN2O3P. The van der Waals surface area contributed by atoms with Gasteiger partial charge < -0.3 is 10.3 Å². The fourth-order valence-electron chi connectivity index (χ4n) is 0.498. The zero-order valence-corrected chi connectivity index (χ0v) is 8.34. The van der Waals surface area contributed by atoms with Gasteiger partial charge in [0.25, 0.3) is 0 Å². The van der Waals surface area contributed by atoms with Gasteiger partial charge in [-0.25, -0.2) is 4.62 Å². The molecule has 0 heterocycles. The van der Waals surface area contributed by atoms with E-state index in [4.69, 9.17) is 10.3 Å². The SMILES string of the molecule is CCCCO[PH](=O)ONCCN.[MgH2]. The Bertz CT molecular complexity index is 116. The van der Waals surface area contributed by atoms with Crippen LogP contribution in [-0.4, -0.2) is 42.7 Å². The van der Waals surface area contributed by atoms with Gasteiger partial charge in [0.2, 0.25) is 0 Å². The molecule has 0 aliphatic rings. The number of rotatable bonds is 8. The van der Waals surface area contributed by atoms with Crippen molar-refractivity contribution >= 4 is 31.3 Å². The largest absolute Gasteiger partial charge is 0.335 e. The second kappa shape index (κ2) is 12.8. The third-order valence-corrected chi connectivity index (χ3v) is 1.87. The van der Waals surface area contributed by atoms with Crippen LogP contribution in [0.25, 0.3) is 0 Å². The Labute approximate surface area is 95.8 Å². The molecule has 0 amide bonds. The Morgan fingerprint density at radius 2 is 2.23 bits per heavy atom. The van der Waals surface area contributed by atoms with E-state index in [9.17, 15) is 4.57 Å². The average Bonchev–Trinajstić information content (AvgIpc) is 2.06. The molecule has 13 heavy (non-hydrogen) atoms. The highest BCUT2D eigenvalue weighted by molar-refractivity contribution is 7.33. The van der Waals surface area contributed by atoms with Crippen LogP contribution in [0.3, 0.4) is 0 Å². The Morgan fingerprint density at radius 3 is 2.77 bits per heavy atom. The lowest BCUT2D eigenvalue weighted by atomic mass is 10.4. The van der Waals surface area contributed by atoms with Crippen LogP contribution in [0.1, 0.15) is 19.8 Å². The summed E-state index contributed by atoms with van der Waals surface area (Å²) < 4.78 is 20.3. The molecule has 0 aromatic carbocycles. The van der Waals surface area contributed by atoms with E-state index in [1.54, 1.807) is 0 Å². The summed E-state index contributed by atoms with van der Waals surface area (Å²) >= 11 is 0. The first-order chi connectivity index (χ1) is 5.81. The van der Waals surface area contributed by atoms with Crippen molar-refractivity contribution in [1.82, 2.24) is 5.48 Å². The zero-order chi connectivity index (χ0) is 9.23. The van der Waals surface area contributed by atoms with E-state index >= 15 is 0 Å². The molecule has 0 aliphatic carbocycles. The van der Waals surface area contributed by atoms with Gasteiger partial charge in [-0.3, -0.25) is 4.57 Å². The van der Waals surface area contributed by atoms with Crippen LogP contribution >= 0.6 is 8.25 Å². The Morgan fingerprint density at radius 1 is 1.54 bits per heavy atom. The van der Waals surface area contributed by atoms with Gasteiger partial charge in [0.05, 0.1) is 6.61 Å². The summed E-state index contributed by atoms with van der Waals surface area (Å²) in [6.07, 6.45) is 1.92. The maximum Gasteiger partial charge on any atom is 0.335 e. The summed E-state index contributed by atoms with van der Waals surface area (Å²) in [6, 6.07) is 0. The van der Waals surface area contributed by atoms with Gasteiger partial charge in [0.1, 0.15) is 0 Å². The van der Waals surface area contributed by atoms with E-state index in [0.717, 1.165) is 12.8 Å². The highest BCUT2D eigenvalue weighted by atomic mass is 31.1. The van der Waals surface area contributed by atoms with Gasteiger partial charge in [-0.15, -0.1) is 0 Å². The van der Waals surface area contributed by atoms with Crippen LogP contribution in [0.2, 0.25) is 0 Å². The van der Waals surface area contributed by atoms with Crippen molar-refractivity contribution in [2.24, 2.45) is 5.73 Å². The number of unbranched alkanes of at least 4 members (excludes halogenated alkanes) is 1. The summed E-state index contributed by atoms with van der Waals surface area (Å²) in [6.45, 7) is 3.45. The zero-order valence-electron chi connectivity index (χ0n) is 7.34. The molecule has 7 heteroatoms. The normalized spacial score (nSPS) is 12.2. The van der Waals surface area contributed by atoms with Crippen molar-refractivity contribution < 1.29 is 13.7 Å². The predicted octanol–water partition coefficient (Wildman–Crippen LogP) is -0.244. The van der Waals surface area contributed by atoms with Crippen LogP contribution in [0.5, 0.6) is 0 Å². The molecule has 0 fully saturated rings. The van der Waals surface area contributed by atoms with Crippen LogP contribution < -0.4 is 11.2 Å². The number of hydrogen-bond acceptors (Lipinski definition) is 5. The number of hydroxylamine groups is 1. The maximum atomic E-state index is 10.8. The molecule has 0 aliphatic heterocycles. The van der Waals surface area contributed by atoms with Gasteiger partial charge in [0, 0.05) is 13.1 Å². The Kier molecular flexibility index (Phi) is 16.1. The fraction of sp³-hybridized carbons (Fsp3) is 1.00. The first-order valence-electron chi connectivity index (χ1n) is 4.07. The van der Waals surface area contributed by atoms with Crippen molar-refractivity contribution in [3.05, 3.63) is 0 Å². The molecule has 0 rings (SSSR count). The molecular weight excluding hydrogens is 203 g/mol. The molecule has 0 aromatic rings. The Balaban J connectivity index is 0. The third kappa shape index (κ3) is 12.8. The van der Waals surface area contributed by atoms with Gasteiger partial charge in [-0.1, -0.05) is 13.3 Å². The van der Waals surface area contributed by atoms with Crippen LogP contribution in [0, 0.1) is 0 Å². The fourth-order valence-corrected chi connectivity index (χ4v) is 1.09. The van der Waals surface area contributed by atoms with E-state index in [0.29, 0.717) is 19.7 Å².